The second kappa shape index (κ2) is 8.28. The molecule has 0 nitrogen and oxygen atoms in total. The molecule has 0 saturated carbocycles. The van der Waals surface area contributed by atoms with Crippen molar-refractivity contribution in [2.75, 3.05) is 0 Å². The third kappa shape index (κ3) is 6.96. The largest absolute Gasteiger partial charge is 2.00 e. The topological polar surface area (TPSA) is 0 Å². The molecule has 78 valence electrons. The van der Waals surface area contributed by atoms with Crippen LogP contribution in [0.1, 0.15) is 11.1 Å². The smallest absolute Gasteiger partial charge is 0.181 e. The quantitative estimate of drug-likeness (QED) is 0.486. The van der Waals surface area contributed by atoms with Crippen molar-refractivity contribution in [1.29, 1.82) is 0 Å². The van der Waals surface area contributed by atoms with Gasteiger partial charge in [-0.3, -0.25) is 0 Å². The van der Waals surface area contributed by atoms with Crippen molar-refractivity contribution in [2.24, 2.45) is 0 Å². The molecule has 0 atom stereocenters. The first-order chi connectivity index (χ1) is 6.79. The van der Waals surface area contributed by atoms with Gasteiger partial charge >= 0.3 is 17.1 Å². The van der Waals surface area contributed by atoms with Crippen LogP contribution < -0.4 is 0 Å². The summed E-state index contributed by atoms with van der Waals surface area (Å²) in [5.74, 6) is 0. The standard InChI is InChI=1S/2C7H7.Fe/c2*1-7-5-3-2-4-6-7;/h2*2-5H,1H3;/q2*-1;+2. The Hall–Kier alpha value is -1.04. The van der Waals surface area contributed by atoms with E-state index in [1.54, 1.807) is 0 Å². The molecule has 0 spiro atoms. The molecule has 1 heteroatoms. The maximum Gasteiger partial charge on any atom is 2.00 e. The van der Waals surface area contributed by atoms with E-state index in [0.717, 1.165) is 0 Å². The summed E-state index contributed by atoms with van der Waals surface area (Å²) in [4.78, 5) is 0. The Morgan fingerprint density at radius 1 is 0.733 bits per heavy atom. The molecule has 0 bridgehead atoms. The van der Waals surface area contributed by atoms with Gasteiger partial charge in [-0.15, -0.1) is 0 Å². The van der Waals surface area contributed by atoms with Gasteiger partial charge in [-0.2, -0.15) is 71.8 Å². The first kappa shape index (κ1) is 14.0. The van der Waals surface area contributed by atoms with Crippen molar-refractivity contribution in [3.05, 3.63) is 71.8 Å². The Balaban J connectivity index is 0.000000245. The van der Waals surface area contributed by atoms with Crippen molar-refractivity contribution in [3.63, 3.8) is 0 Å². The predicted molar refractivity (Wildman–Crippen MR) is 60.0 cm³/mol. The van der Waals surface area contributed by atoms with Gasteiger partial charge in [0.1, 0.15) is 0 Å². The summed E-state index contributed by atoms with van der Waals surface area (Å²) in [7, 11) is 0. The number of aryl methyl sites for hydroxylation is 2. The zero-order chi connectivity index (χ0) is 10.2. The Morgan fingerprint density at radius 3 is 1.27 bits per heavy atom. The van der Waals surface area contributed by atoms with Crippen LogP contribution in [0.15, 0.2) is 48.5 Å². The van der Waals surface area contributed by atoms with Gasteiger partial charge in [0.25, 0.3) is 0 Å². The van der Waals surface area contributed by atoms with Gasteiger partial charge in [0.2, 0.25) is 0 Å². The monoisotopic (exact) mass is 238 g/mol. The van der Waals surface area contributed by atoms with E-state index in [4.69, 9.17) is 0 Å². The molecule has 2 aromatic rings. The van der Waals surface area contributed by atoms with Crippen LogP contribution in [0.25, 0.3) is 0 Å². The summed E-state index contributed by atoms with van der Waals surface area (Å²) >= 11 is 0. The molecule has 0 aliphatic heterocycles. The molecule has 0 saturated heterocycles. The van der Waals surface area contributed by atoms with Crippen LogP contribution in [0.4, 0.5) is 0 Å². The Morgan fingerprint density at radius 2 is 1.13 bits per heavy atom. The normalized spacial score (nSPS) is 8.13. The van der Waals surface area contributed by atoms with Crippen LogP contribution in [0.2, 0.25) is 0 Å². The van der Waals surface area contributed by atoms with E-state index >= 15 is 0 Å². The third-order valence-corrected chi connectivity index (χ3v) is 1.73. The average molecular weight is 238 g/mol. The van der Waals surface area contributed by atoms with E-state index < -0.39 is 0 Å². The van der Waals surface area contributed by atoms with E-state index in [1.165, 1.54) is 11.1 Å². The van der Waals surface area contributed by atoms with Gasteiger partial charge in [-0.25, -0.2) is 0 Å². The molecule has 15 heavy (non-hydrogen) atoms. The van der Waals surface area contributed by atoms with Gasteiger partial charge in [-0.05, 0) is 0 Å². The summed E-state index contributed by atoms with van der Waals surface area (Å²) in [5.41, 5.74) is 2.39. The number of benzene rings is 2. The van der Waals surface area contributed by atoms with Crippen LogP contribution >= 0.6 is 0 Å². The maximum atomic E-state index is 3.03. The van der Waals surface area contributed by atoms with E-state index in [-0.39, 0.29) is 17.1 Å². The van der Waals surface area contributed by atoms with Gasteiger partial charge in [-0.1, -0.05) is 13.8 Å². The van der Waals surface area contributed by atoms with Gasteiger partial charge in [0.05, 0.1) is 0 Å². The second-order valence-electron chi connectivity index (χ2n) is 3.09. The van der Waals surface area contributed by atoms with Crippen molar-refractivity contribution < 1.29 is 17.1 Å². The molecule has 0 radical (unpaired) electrons. The zero-order valence-electron chi connectivity index (χ0n) is 8.97. The van der Waals surface area contributed by atoms with E-state index in [0.29, 0.717) is 0 Å². The van der Waals surface area contributed by atoms with Crippen LogP contribution in [0, 0.1) is 26.0 Å². The molecule has 2 aromatic carbocycles. The van der Waals surface area contributed by atoms with Crippen molar-refractivity contribution in [2.45, 2.75) is 13.8 Å². The van der Waals surface area contributed by atoms with Crippen LogP contribution in [-0.4, -0.2) is 0 Å². The first-order valence-corrected chi connectivity index (χ1v) is 4.65. The fourth-order valence-corrected chi connectivity index (χ4v) is 0.966. The molecular weight excluding hydrogens is 224 g/mol. The van der Waals surface area contributed by atoms with Crippen molar-refractivity contribution in [1.82, 2.24) is 0 Å². The Labute approximate surface area is 103 Å². The number of hydrogen-bond acceptors (Lipinski definition) is 0. The van der Waals surface area contributed by atoms with Crippen molar-refractivity contribution in [3.8, 4) is 0 Å². The minimum absolute atomic E-state index is 0. The van der Waals surface area contributed by atoms with Crippen molar-refractivity contribution >= 4 is 0 Å². The fourth-order valence-electron chi connectivity index (χ4n) is 0.966. The molecule has 0 heterocycles. The summed E-state index contributed by atoms with van der Waals surface area (Å²) < 4.78 is 0. The van der Waals surface area contributed by atoms with E-state index in [2.05, 4.69) is 12.1 Å². The fraction of sp³-hybridized carbons (Fsp3) is 0.143. The summed E-state index contributed by atoms with van der Waals surface area (Å²) in [5, 5.41) is 0. The zero-order valence-corrected chi connectivity index (χ0v) is 10.1. The Bertz CT molecular complexity index is 303. The Kier molecular flexibility index (Phi) is 7.71. The first-order valence-electron chi connectivity index (χ1n) is 4.65. The molecule has 0 amide bonds. The van der Waals surface area contributed by atoms with Gasteiger partial charge < -0.3 is 0 Å². The average Bonchev–Trinajstić information content (AvgIpc) is 2.21. The van der Waals surface area contributed by atoms with Crippen LogP contribution in [-0.2, 0) is 17.1 Å². The van der Waals surface area contributed by atoms with Gasteiger partial charge in [0.15, 0.2) is 0 Å². The summed E-state index contributed by atoms with van der Waals surface area (Å²) in [6.45, 7) is 4.06. The molecular formula is C14H14Fe. The number of rotatable bonds is 0. The van der Waals surface area contributed by atoms with Gasteiger partial charge in [0, 0.05) is 0 Å². The van der Waals surface area contributed by atoms with Crippen LogP contribution in [0.5, 0.6) is 0 Å². The van der Waals surface area contributed by atoms with E-state index in [1.807, 2.05) is 62.4 Å². The molecule has 0 fully saturated rings. The molecule has 0 aliphatic carbocycles. The molecule has 0 aromatic heterocycles. The molecule has 0 N–H and O–H groups in total. The van der Waals surface area contributed by atoms with Crippen LogP contribution in [0.3, 0.4) is 0 Å². The minimum atomic E-state index is 0. The second-order valence-corrected chi connectivity index (χ2v) is 3.09. The maximum absolute atomic E-state index is 3.03. The molecule has 2 rings (SSSR count). The van der Waals surface area contributed by atoms with E-state index in [9.17, 15) is 0 Å². The number of hydrogen-bond donors (Lipinski definition) is 0. The molecule has 0 aliphatic rings. The summed E-state index contributed by atoms with van der Waals surface area (Å²) in [6.07, 6.45) is 0. The minimum Gasteiger partial charge on any atom is -0.181 e. The summed E-state index contributed by atoms with van der Waals surface area (Å²) in [6, 6.07) is 21.9. The molecule has 0 unspecified atom stereocenters. The third-order valence-electron chi connectivity index (χ3n) is 1.73. The SMILES string of the molecule is Cc1[c-]cccc1.Cc1[c-]cccc1.[Fe+2]. The predicted octanol–water partition coefficient (Wildman–Crippen LogP) is 3.59.